The van der Waals surface area contributed by atoms with Crippen LogP contribution in [0.1, 0.15) is 32.6 Å². The van der Waals surface area contributed by atoms with Crippen LogP contribution in [0.25, 0.3) is 0 Å². The summed E-state index contributed by atoms with van der Waals surface area (Å²) in [5.41, 5.74) is 0. The van der Waals surface area contributed by atoms with Crippen LogP contribution in [-0.4, -0.2) is 12.1 Å². The molecule has 3 atom stereocenters. The molecule has 1 nitrogen and oxygen atoms in total. The van der Waals surface area contributed by atoms with E-state index in [4.69, 9.17) is 0 Å². The summed E-state index contributed by atoms with van der Waals surface area (Å²) < 4.78 is 0. The van der Waals surface area contributed by atoms with Gasteiger partial charge in [-0.2, -0.15) is 0 Å². The molecule has 0 aromatic rings. The largest absolute Gasteiger partial charge is 0.311 e. The third-order valence-electron chi connectivity index (χ3n) is 2.86. The van der Waals surface area contributed by atoms with Gasteiger partial charge in [-0.25, -0.2) is 0 Å². The van der Waals surface area contributed by atoms with Crippen molar-refractivity contribution in [1.29, 1.82) is 0 Å². The molecule has 2 heterocycles. The molecule has 0 saturated carbocycles. The van der Waals surface area contributed by atoms with Gasteiger partial charge in [-0.1, -0.05) is 13.3 Å². The van der Waals surface area contributed by atoms with Crippen molar-refractivity contribution in [2.75, 3.05) is 0 Å². The van der Waals surface area contributed by atoms with Crippen molar-refractivity contribution in [3.05, 3.63) is 0 Å². The number of nitrogens with one attached hydrogen (secondary N) is 1. The molecule has 2 saturated heterocycles. The molecule has 0 aliphatic carbocycles. The molecule has 0 amide bonds. The molecule has 0 aromatic carbocycles. The van der Waals surface area contributed by atoms with E-state index in [0.29, 0.717) is 0 Å². The average molecular weight is 125 g/mol. The van der Waals surface area contributed by atoms with E-state index in [1.165, 1.54) is 25.7 Å². The fourth-order valence-corrected chi connectivity index (χ4v) is 2.30. The Hall–Kier alpha value is -0.0400. The van der Waals surface area contributed by atoms with E-state index in [2.05, 4.69) is 12.2 Å². The maximum absolute atomic E-state index is 3.64. The second-order valence-corrected chi connectivity index (χ2v) is 3.61. The highest BCUT2D eigenvalue weighted by Gasteiger charge is 2.32. The fourth-order valence-electron chi connectivity index (χ4n) is 2.30. The van der Waals surface area contributed by atoms with Gasteiger partial charge in [0.25, 0.3) is 0 Å². The van der Waals surface area contributed by atoms with E-state index in [9.17, 15) is 0 Å². The lowest BCUT2D eigenvalue weighted by Gasteiger charge is -2.21. The summed E-state index contributed by atoms with van der Waals surface area (Å²) >= 11 is 0. The van der Waals surface area contributed by atoms with Gasteiger partial charge in [0.1, 0.15) is 0 Å². The van der Waals surface area contributed by atoms with Crippen molar-refractivity contribution < 1.29 is 0 Å². The van der Waals surface area contributed by atoms with Crippen LogP contribution in [0.2, 0.25) is 0 Å². The van der Waals surface area contributed by atoms with Gasteiger partial charge in [0, 0.05) is 12.1 Å². The lowest BCUT2D eigenvalue weighted by Crippen LogP contribution is -2.34. The molecule has 0 radical (unpaired) electrons. The molecule has 1 heteroatoms. The summed E-state index contributed by atoms with van der Waals surface area (Å²) in [7, 11) is 0. The Kier molecular flexibility index (Phi) is 1.26. The van der Waals surface area contributed by atoms with Crippen LogP contribution < -0.4 is 5.32 Å². The third-order valence-corrected chi connectivity index (χ3v) is 2.86. The molecule has 2 rings (SSSR count). The maximum Gasteiger partial charge on any atom is 0.00958 e. The number of rotatable bonds is 0. The molecule has 0 aromatic heterocycles. The van der Waals surface area contributed by atoms with Gasteiger partial charge < -0.3 is 5.32 Å². The van der Waals surface area contributed by atoms with E-state index in [1.807, 2.05) is 0 Å². The van der Waals surface area contributed by atoms with Crippen molar-refractivity contribution in [3.8, 4) is 0 Å². The first kappa shape index (κ1) is 5.72. The highest BCUT2D eigenvalue weighted by molar-refractivity contribution is 4.92. The Labute approximate surface area is 56.8 Å². The monoisotopic (exact) mass is 125 g/mol. The Morgan fingerprint density at radius 2 is 2.22 bits per heavy atom. The second-order valence-electron chi connectivity index (χ2n) is 3.61. The molecule has 2 bridgehead atoms. The molecule has 2 fully saturated rings. The first-order chi connectivity index (χ1) is 4.36. The molecule has 2 aliphatic heterocycles. The van der Waals surface area contributed by atoms with Gasteiger partial charge in [-0.05, 0) is 25.2 Å². The third kappa shape index (κ3) is 0.877. The summed E-state index contributed by atoms with van der Waals surface area (Å²) in [4.78, 5) is 0. The van der Waals surface area contributed by atoms with Crippen LogP contribution in [0.3, 0.4) is 0 Å². The van der Waals surface area contributed by atoms with Crippen LogP contribution in [0.4, 0.5) is 0 Å². The zero-order valence-electron chi connectivity index (χ0n) is 6.06. The molecular weight excluding hydrogens is 110 g/mol. The summed E-state index contributed by atoms with van der Waals surface area (Å²) in [6.07, 6.45) is 5.76. The maximum atomic E-state index is 3.64. The van der Waals surface area contributed by atoms with Crippen molar-refractivity contribution in [2.45, 2.75) is 44.7 Å². The minimum Gasteiger partial charge on any atom is -0.311 e. The van der Waals surface area contributed by atoms with Crippen LogP contribution in [0.5, 0.6) is 0 Å². The highest BCUT2D eigenvalue weighted by Crippen LogP contribution is 2.30. The van der Waals surface area contributed by atoms with Gasteiger partial charge in [0.15, 0.2) is 0 Å². The highest BCUT2D eigenvalue weighted by atomic mass is 15.0. The van der Waals surface area contributed by atoms with Crippen LogP contribution >= 0.6 is 0 Å². The lowest BCUT2D eigenvalue weighted by molar-refractivity contribution is 0.384. The number of fused-ring (bicyclic) bond motifs is 2. The number of piperidine rings is 1. The standard InChI is InChI=1S/C8H15N/c1-6-5-7-3-2-4-8(6)9-7/h6-9H,2-5H2,1H3. The van der Waals surface area contributed by atoms with Crippen LogP contribution in [-0.2, 0) is 0 Å². The topological polar surface area (TPSA) is 12.0 Å². The number of hydrogen-bond acceptors (Lipinski definition) is 1. The zero-order chi connectivity index (χ0) is 6.27. The fraction of sp³-hybridized carbons (Fsp3) is 1.00. The lowest BCUT2D eigenvalue weighted by atomic mass is 10.0. The molecule has 52 valence electrons. The van der Waals surface area contributed by atoms with Gasteiger partial charge >= 0.3 is 0 Å². The zero-order valence-corrected chi connectivity index (χ0v) is 6.06. The first-order valence-electron chi connectivity index (χ1n) is 4.12. The van der Waals surface area contributed by atoms with Gasteiger partial charge in [0.2, 0.25) is 0 Å². The van der Waals surface area contributed by atoms with E-state index in [1.54, 1.807) is 0 Å². The predicted molar refractivity (Wildman–Crippen MR) is 38.3 cm³/mol. The van der Waals surface area contributed by atoms with Crippen molar-refractivity contribution in [3.63, 3.8) is 0 Å². The Morgan fingerprint density at radius 1 is 1.33 bits per heavy atom. The quantitative estimate of drug-likeness (QED) is 0.518. The minimum absolute atomic E-state index is 0.878. The number of hydrogen-bond donors (Lipinski definition) is 1. The summed E-state index contributed by atoms with van der Waals surface area (Å²) in [6.45, 7) is 2.38. The molecule has 3 unspecified atom stereocenters. The summed E-state index contributed by atoms with van der Waals surface area (Å²) in [5.74, 6) is 0.956. The Balaban J connectivity index is 2.07. The van der Waals surface area contributed by atoms with E-state index in [-0.39, 0.29) is 0 Å². The molecule has 2 aliphatic rings. The van der Waals surface area contributed by atoms with E-state index < -0.39 is 0 Å². The van der Waals surface area contributed by atoms with Gasteiger partial charge in [0.05, 0.1) is 0 Å². The van der Waals surface area contributed by atoms with E-state index in [0.717, 1.165) is 18.0 Å². The normalized spacial score (nSPS) is 49.7. The SMILES string of the molecule is CC1CC2CCCC1N2. The Morgan fingerprint density at radius 3 is 2.89 bits per heavy atom. The summed E-state index contributed by atoms with van der Waals surface area (Å²) in [5, 5.41) is 3.64. The first-order valence-corrected chi connectivity index (χ1v) is 4.12. The van der Waals surface area contributed by atoms with E-state index >= 15 is 0 Å². The molecule has 0 spiro atoms. The predicted octanol–water partition coefficient (Wildman–Crippen LogP) is 1.54. The smallest absolute Gasteiger partial charge is 0.00958 e. The van der Waals surface area contributed by atoms with Crippen molar-refractivity contribution in [2.24, 2.45) is 5.92 Å². The average Bonchev–Trinajstić information content (AvgIpc) is 2.09. The summed E-state index contributed by atoms with van der Waals surface area (Å²) in [6, 6.07) is 1.77. The minimum atomic E-state index is 0.878. The van der Waals surface area contributed by atoms with Gasteiger partial charge in [-0.15, -0.1) is 0 Å². The Bertz CT molecular complexity index is 109. The molecule has 9 heavy (non-hydrogen) atoms. The molecular formula is C8H15N. The second kappa shape index (κ2) is 1.98. The van der Waals surface area contributed by atoms with Crippen molar-refractivity contribution in [1.82, 2.24) is 5.32 Å². The van der Waals surface area contributed by atoms with Gasteiger partial charge in [-0.3, -0.25) is 0 Å². The van der Waals surface area contributed by atoms with Crippen LogP contribution in [0.15, 0.2) is 0 Å². The van der Waals surface area contributed by atoms with Crippen LogP contribution in [0, 0.1) is 5.92 Å². The molecule has 1 N–H and O–H groups in total. The van der Waals surface area contributed by atoms with Crippen molar-refractivity contribution >= 4 is 0 Å².